The first kappa shape index (κ1) is 20.3. The first-order valence-electron chi connectivity index (χ1n) is 9.64. The third kappa shape index (κ3) is 5.52. The van der Waals surface area contributed by atoms with Crippen LogP contribution in [-0.4, -0.2) is 34.5 Å². The largest absolute Gasteiger partial charge is 0.416 e. The zero-order chi connectivity index (χ0) is 20.0. The molecule has 1 aliphatic rings. The van der Waals surface area contributed by atoms with Gasteiger partial charge in [0.05, 0.1) is 11.3 Å². The molecule has 2 heterocycles. The molecule has 0 bridgehead atoms. The molecule has 148 valence electrons. The first-order chi connectivity index (χ1) is 13.5. The lowest BCUT2D eigenvalue weighted by molar-refractivity contribution is -0.137. The predicted octanol–water partition coefficient (Wildman–Crippen LogP) is 4.84. The van der Waals surface area contributed by atoms with E-state index >= 15 is 0 Å². The van der Waals surface area contributed by atoms with E-state index in [0.717, 1.165) is 38.2 Å². The van der Waals surface area contributed by atoms with Gasteiger partial charge in [0.25, 0.3) is 0 Å². The van der Waals surface area contributed by atoms with E-state index < -0.39 is 11.7 Å². The van der Waals surface area contributed by atoms with E-state index in [1.807, 2.05) is 6.07 Å². The molecule has 3 rings (SSSR count). The van der Waals surface area contributed by atoms with Crippen molar-refractivity contribution in [2.24, 2.45) is 0 Å². The maximum atomic E-state index is 13.0. The van der Waals surface area contributed by atoms with Crippen LogP contribution < -0.4 is 0 Å². The summed E-state index contributed by atoms with van der Waals surface area (Å²) >= 11 is 0. The van der Waals surface area contributed by atoms with Gasteiger partial charge in [-0.05, 0) is 63.5 Å². The van der Waals surface area contributed by atoms with E-state index in [1.165, 1.54) is 31.7 Å². The van der Waals surface area contributed by atoms with Crippen LogP contribution in [0, 0.1) is 11.3 Å². The van der Waals surface area contributed by atoms with Crippen LogP contribution in [0.3, 0.4) is 0 Å². The lowest BCUT2D eigenvalue weighted by atomic mass is 10.1. The summed E-state index contributed by atoms with van der Waals surface area (Å²) in [5, 5.41) is 9.21. The van der Waals surface area contributed by atoms with E-state index in [2.05, 4.69) is 14.9 Å². The van der Waals surface area contributed by atoms with Crippen LogP contribution in [0.25, 0.3) is 11.3 Å². The molecule has 0 aliphatic carbocycles. The maximum absolute atomic E-state index is 13.0. The average Bonchev–Trinajstić information content (AvgIpc) is 2.96. The van der Waals surface area contributed by atoms with Crippen molar-refractivity contribution in [2.45, 2.75) is 44.7 Å². The number of hydrogen-bond acceptors (Lipinski definition) is 4. The van der Waals surface area contributed by atoms with E-state index in [-0.39, 0.29) is 5.82 Å². The van der Waals surface area contributed by atoms with E-state index in [0.29, 0.717) is 23.4 Å². The Morgan fingerprint density at radius 1 is 1.04 bits per heavy atom. The Kier molecular flexibility index (Phi) is 6.63. The van der Waals surface area contributed by atoms with Crippen molar-refractivity contribution in [3.05, 3.63) is 47.4 Å². The Labute approximate surface area is 163 Å². The second kappa shape index (κ2) is 9.16. The molecule has 0 N–H and O–H groups in total. The lowest BCUT2D eigenvalue weighted by Gasteiger charge is -2.19. The zero-order valence-electron chi connectivity index (χ0n) is 15.7. The maximum Gasteiger partial charge on any atom is 0.416 e. The molecule has 0 atom stereocenters. The highest BCUT2D eigenvalue weighted by Gasteiger charge is 2.30. The molecular formula is C21H23F3N4. The average molecular weight is 388 g/mol. The molecule has 0 unspecified atom stereocenters. The van der Waals surface area contributed by atoms with Gasteiger partial charge in [0.2, 0.25) is 5.82 Å². The number of nitrogens with zero attached hydrogens (tertiary/aromatic N) is 4. The predicted molar refractivity (Wildman–Crippen MR) is 100 cm³/mol. The van der Waals surface area contributed by atoms with Crippen LogP contribution in [0.1, 0.15) is 49.2 Å². The van der Waals surface area contributed by atoms with Gasteiger partial charge in [0.1, 0.15) is 6.07 Å². The van der Waals surface area contributed by atoms with Gasteiger partial charge in [0.15, 0.2) is 0 Å². The van der Waals surface area contributed by atoms with Crippen molar-refractivity contribution >= 4 is 0 Å². The molecule has 0 spiro atoms. The van der Waals surface area contributed by atoms with Gasteiger partial charge in [-0.3, -0.25) is 0 Å². The van der Waals surface area contributed by atoms with Crippen LogP contribution in [-0.2, 0) is 12.6 Å². The Bertz CT molecular complexity index is 834. The van der Waals surface area contributed by atoms with Crippen molar-refractivity contribution in [1.82, 2.24) is 14.9 Å². The fraction of sp³-hybridized carbons (Fsp3) is 0.476. The van der Waals surface area contributed by atoms with Crippen molar-refractivity contribution in [3.63, 3.8) is 0 Å². The molecule has 1 aromatic carbocycles. The lowest BCUT2D eigenvalue weighted by Crippen LogP contribution is -2.26. The third-order valence-corrected chi connectivity index (χ3v) is 4.97. The number of rotatable bonds is 5. The van der Waals surface area contributed by atoms with Gasteiger partial charge in [-0.1, -0.05) is 25.0 Å². The van der Waals surface area contributed by atoms with Crippen LogP contribution in [0.5, 0.6) is 0 Å². The number of likely N-dealkylation sites (tertiary alicyclic amines) is 1. The summed E-state index contributed by atoms with van der Waals surface area (Å²) in [5.74, 6) is -0.0142. The Hall–Kier alpha value is -2.46. The number of nitriles is 1. The summed E-state index contributed by atoms with van der Waals surface area (Å²) in [4.78, 5) is 10.8. The van der Waals surface area contributed by atoms with E-state index in [9.17, 15) is 18.4 Å². The standard InChI is InChI=1S/C21H23F3N4/c22-21(23,24)17-8-5-7-16(13-17)19-14-18(26-20(15-25)27-19)9-6-12-28-10-3-1-2-4-11-28/h5,7-8,13-14H,1-4,6,9-12H2. The molecule has 0 radical (unpaired) electrons. The van der Waals surface area contributed by atoms with Gasteiger partial charge < -0.3 is 4.90 Å². The highest BCUT2D eigenvalue weighted by atomic mass is 19.4. The molecule has 1 saturated heterocycles. The van der Waals surface area contributed by atoms with Gasteiger partial charge in [0, 0.05) is 11.3 Å². The first-order valence-corrected chi connectivity index (χ1v) is 9.64. The minimum atomic E-state index is -4.42. The van der Waals surface area contributed by atoms with E-state index in [1.54, 1.807) is 12.1 Å². The quantitative estimate of drug-likeness (QED) is 0.735. The summed E-state index contributed by atoms with van der Waals surface area (Å²) in [6.45, 7) is 3.19. The topological polar surface area (TPSA) is 52.8 Å². The molecule has 0 amide bonds. The molecule has 1 aliphatic heterocycles. The van der Waals surface area contributed by atoms with Gasteiger partial charge in [-0.25, -0.2) is 9.97 Å². The highest BCUT2D eigenvalue weighted by Crippen LogP contribution is 2.31. The monoisotopic (exact) mass is 388 g/mol. The fourth-order valence-corrected chi connectivity index (χ4v) is 3.52. The molecule has 7 heteroatoms. The van der Waals surface area contributed by atoms with Crippen LogP contribution in [0.4, 0.5) is 13.2 Å². The van der Waals surface area contributed by atoms with Gasteiger partial charge in [-0.15, -0.1) is 0 Å². The van der Waals surface area contributed by atoms with Crippen molar-refractivity contribution in [3.8, 4) is 17.3 Å². The molecular weight excluding hydrogens is 365 g/mol. The van der Waals surface area contributed by atoms with Crippen molar-refractivity contribution in [1.29, 1.82) is 5.26 Å². The summed E-state index contributed by atoms with van der Waals surface area (Å²) in [6, 6.07) is 8.62. The molecule has 4 nitrogen and oxygen atoms in total. The fourth-order valence-electron chi connectivity index (χ4n) is 3.52. The van der Waals surface area contributed by atoms with Gasteiger partial charge >= 0.3 is 6.18 Å². The molecule has 28 heavy (non-hydrogen) atoms. The van der Waals surface area contributed by atoms with E-state index in [4.69, 9.17) is 0 Å². The minimum absolute atomic E-state index is 0.0142. The van der Waals surface area contributed by atoms with Crippen LogP contribution in [0.15, 0.2) is 30.3 Å². The Morgan fingerprint density at radius 2 is 1.79 bits per heavy atom. The summed E-state index contributed by atoms with van der Waals surface area (Å²) < 4.78 is 39.0. The number of alkyl halides is 3. The molecule has 1 fully saturated rings. The molecule has 0 saturated carbocycles. The molecule has 2 aromatic rings. The normalized spacial score (nSPS) is 15.8. The highest BCUT2D eigenvalue weighted by molar-refractivity contribution is 5.61. The third-order valence-electron chi connectivity index (χ3n) is 4.97. The van der Waals surface area contributed by atoms with Gasteiger partial charge in [-0.2, -0.15) is 18.4 Å². The number of hydrogen-bond donors (Lipinski definition) is 0. The zero-order valence-corrected chi connectivity index (χ0v) is 15.7. The second-order valence-electron chi connectivity index (χ2n) is 7.12. The smallest absolute Gasteiger partial charge is 0.303 e. The number of aryl methyl sites for hydroxylation is 1. The summed E-state index contributed by atoms with van der Waals surface area (Å²) in [6.07, 6.45) is 2.17. The Morgan fingerprint density at radius 3 is 2.46 bits per heavy atom. The minimum Gasteiger partial charge on any atom is -0.303 e. The second-order valence-corrected chi connectivity index (χ2v) is 7.12. The van der Waals surface area contributed by atoms with Crippen LogP contribution >= 0.6 is 0 Å². The Balaban J connectivity index is 1.74. The number of halogens is 3. The SMILES string of the molecule is N#Cc1nc(CCCN2CCCCCC2)cc(-c2cccc(C(F)(F)F)c2)n1. The summed E-state index contributed by atoms with van der Waals surface area (Å²) in [5.41, 5.74) is 0.642. The van der Waals surface area contributed by atoms with Crippen molar-refractivity contribution in [2.75, 3.05) is 19.6 Å². The van der Waals surface area contributed by atoms with Crippen molar-refractivity contribution < 1.29 is 13.2 Å². The summed E-state index contributed by atoms with van der Waals surface area (Å²) in [7, 11) is 0. The number of benzene rings is 1. The van der Waals surface area contributed by atoms with Crippen LogP contribution in [0.2, 0.25) is 0 Å². The number of aromatic nitrogens is 2. The molecule has 1 aromatic heterocycles.